The first kappa shape index (κ1) is 8.85. The van der Waals surface area contributed by atoms with Gasteiger partial charge in [-0.05, 0) is 18.6 Å². The lowest BCUT2D eigenvalue weighted by atomic mass is 10.1. The van der Waals surface area contributed by atoms with Crippen molar-refractivity contribution in [2.75, 3.05) is 19.0 Å². The van der Waals surface area contributed by atoms with Gasteiger partial charge in [-0.15, -0.1) is 0 Å². The van der Waals surface area contributed by atoms with E-state index in [4.69, 9.17) is 6.58 Å². The molecule has 0 aliphatic carbocycles. The molecule has 1 aromatic carbocycles. The molecule has 0 saturated heterocycles. The zero-order chi connectivity index (χ0) is 9.14. The van der Waals surface area contributed by atoms with Crippen LogP contribution >= 0.6 is 0 Å². The molecule has 1 heteroatoms. The van der Waals surface area contributed by atoms with E-state index in [0.29, 0.717) is 0 Å². The Morgan fingerprint density at radius 2 is 1.83 bits per heavy atom. The highest BCUT2D eigenvalue weighted by atomic mass is 15.1. The van der Waals surface area contributed by atoms with Gasteiger partial charge in [0.05, 0.1) is 0 Å². The molecule has 0 spiro atoms. The first-order valence-electron chi connectivity index (χ1n) is 3.98. The quantitative estimate of drug-likeness (QED) is 0.642. The lowest BCUT2D eigenvalue weighted by Gasteiger charge is -2.16. The molecule has 0 amide bonds. The molecule has 1 nitrogen and oxygen atoms in total. The summed E-state index contributed by atoms with van der Waals surface area (Å²) in [5, 5.41) is 0. The fourth-order valence-corrected chi connectivity index (χ4v) is 1.20. The summed E-state index contributed by atoms with van der Waals surface area (Å²) in [7, 11) is 4.03. The van der Waals surface area contributed by atoms with Crippen LogP contribution in [0.25, 0.3) is 5.57 Å². The molecular weight excluding hydrogens is 146 g/mol. The van der Waals surface area contributed by atoms with Gasteiger partial charge in [0.1, 0.15) is 0 Å². The van der Waals surface area contributed by atoms with Gasteiger partial charge in [-0.1, -0.05) is 24.8 Å². The zero-order valence-corrected chi connectivity index (χ0v) is 7.83. The van der Waals surface area contributed by atoms with Crippen LogP contribution in [0.4, 0.5) is 5.69 Å². The summed E-state index contributed by atoms with van der Waals surface area (Å²) in [6.07, 6.45) is 0. The number of benzene rings is 1. The first-order chi connectivity index (χ1) is 5.63. The van der Waals surface area contributed by atoms with Crippen LogP contribution in [-0.4, -0.2) is 14.1 Å². The van der Waals surface area contributed by atoms with Gasteiger partial charge in [0, 0.05) is 25.3 Å². The van der Waals surface area contributed by atoms with Crippen LogP contribution in [0.3, 0.4) is 0 Å². The Hall–Kier alpha value is -1.24. The van der Waals surface area contributed by atoms with E-state index in [1.54, 1.807) is 0 Å². The highest BCUT2D eigenvalue weighted by molar-refractivity contribution is 5.73. The van der Waals surface area contributed by atoms with Crippen molar-refractivity contribution in [1.82, 2.24) is 0 Å². The number of nitrogens with zero attached hydrogens (tertiary/aromatic N) is 1. The maximum Gasteiger partial charge on any atom is 0.0437 e. The normalized spacial score (nSPS) is 9.58. The Morgan fingerprint density at radius 1 is 1.25 bits per heavy atom. The molecule has 1 rings (SSSR count). The fraction of sp³-hybridized carbons (Fsp3) is 0.273. The van der Waals surface area contributed by atoms with Crippen molar-refractivity contribution >= 4 is 11.3 Å². The number of rotatable bonds is 2. The number of para-hydroxylation sites is 1. The monoisotopic (exact) mass is 160 g/mol. The topological polar surface area (TPSA) is 3.24 Å². The zero-order valence-electron chi connectivity index (χ0n) is 7.83. The van der Waals surface area contributed by atoms with Gasteiger partial charge in [-0.25, -0.2) is 0 Å². The molecule has 0 unspecified atom stereocenters. The molecule has 0 bridgehead atoms. The molecule has 12 heavy (non-hydrogen) atoms. The van der Waals surface area contributed by atoms with Crippen LogP contribution in [0, 0.1) is 6.58 Å². The molecule has 1 aromatic rings. The molecule has 0 saturated carbocycles. The third-order valence-electron chi connectivity index (χ3n) is 1.81. The largest absolute Gasteiger partial charge is 0.377 e. The van der Waals surface area contributed by atoms with Crippen molar-refractivity contribution in [2.24, 2.45) is 0 Å². The predicted octanol–water partition coefficient (Wildman–Crippen LogP) is 2.59. The van der Waals surface area contributed by atoms with E-state index in [2.05, 4.69) is 11.0 Å². The number of allylic oxidation sites excluding steroid dienone is 1. The van der Waals surface area contributed by atoms with Crippen LogP contribution < -0.4 is 4.90 Å². The van der Waals surface area contributed by atoms with E-state index >= 15 is 0 Å². The smallest absolute Gasteiger partial charge is 0.0437 e. The Morgan fingerprint density at radius 3 is 2.25 bits per heavy atom. The van der Waals surface area contributed by atoms with Gasteiger partial charge in [0.15, 0.2) is 0 Å². The molecule has 0 heterocycles. The SMILES string of the molecule is [CH]=C(C)c1ccccc1N(C)C. The van der Waals surface area contributed by atoms with Crippen LogP contribution in [0.5, 0.6) is 0 Å². The minimum atomic E-state index is 0.860. The predicted molar refractivity (Wildman–Crippen MR) is 54.2 cm³/mol. The van der Waals surface area contributed by atoms with E-state index in [0.717, 1.165) is 16.8 Å². The molecule has 63 valence electrons. The van der Waals surface area contributed by atoms with E-state index in [-0.39, 0.29) is 0 Å². The molecule has 0 aliphatic rings. The molecule has 0 atom stereocenters. The van der Waals surface area contributed by atoms with E-state index < -0.39 is 0 Å². The molecule has 0 aromatic heterocycles. The minimum Gasteiger partial charge on any atom is -0.377 e. The van der Waals surface area contributed by atoms with Crippen LogP contribution in [0.1, 0.15) is 12.5 Å². The molecule has 0 aliphatic heterocycles. The number of hydrogen-bond donors (Lipinski definition) is 0. The number of hydrogen-bond acceptors (Lipinski definition) is 1. The summed E-state index contributed by atoms with van der Waals surface area (Å²) in [5.41, 5.74) is 3.14. The van der Waals surface area contributed by atoms with E-state index in [9.17, 15) is 0 Å². The van der Waals surface area contributed by atoms with Crippen molar-refractivity contribution in [3.8, 4) is 0 Å². The third kappa shape index (κ3) is 1.67. The van der Waals surface area contributed by atoms with Crippen LogP contribution in [0.2, 0.25) is 0 Å². The maximum atomic E-state index is 5.74. The third-order valence-corrected chi connectivity index (χ3v) is 1.81. The van der Waals surface area contributed by atoms with Gasteiger partial charge in [-0.3, -0.25) is 0 Å². The molecule has 1 radical (unpaired) electrons. The second-order valence-corrected chi connectivity index (χ2v) is 3.09. The number of anilines is 1. The van der Waals surface area contributed by atoms with Crippen LogP contribution in [0.15, 0.2) is 24.3 Å². The second-order valence-electron chi connectivity index (χ2n) is 3.09. The lowest BCUT2D eigenvalue weighted by Crippen LogP contribution is -2.10. The van der Waals surface area contributed by atoms with Gasteiger partial charge in [0.25, 0.3) is 0 Å². The summed E-state index contributed by atoms with van der Waals surface area (Å²) in [6.45, 7) is 7.66. The fourth-order valence-electron chi connectivity index (χ4n) is 1.20. The Bertz CT molecular complexity index is 287. The summed E-state index contributed by atoms with van der Waals surface area (Å²) < 4.78 is 0. The van der Waals surface area contributed by atoms with Crippen molar-refractivity contribution in [2.45, 2.75) is 6.92 Å². The van der Waals surface area contributed by atoms with Crippen molar-refractivity contribution in [3.05, 3.63) is 36.4 Å². The highest BCUT2D eigenvalue weighted by Crippen LogP contribution is 2.23. The summed E-state index contributed by atoms with van der Waals surface area (Å²) >= 11 is 0. The Balaban J connectivity index is 3.17. The van der Waals surface area contributed by atoms with Gasteiger partial charge in [-0.2, -0.15) is 0 Å². The first-order valence-corrected chi connectivity index (χ1v) is 3.98. The van der Waals surface area contributed by atoms with Gasteiger partial charge >= 0.3 is 0 Å². The average Bonchev–Trinajstić information content (AvgIpc) is 2.04. The Labute approximate surface area is 74.3 Å². The van der Waals surface area contributed by atoms with Crippen molar-refractivity contribution in [3.63, 3.8) is 0 Å². The lowest BCUT2D eigenvalue weighted by molar-refractivity contribution is 1.12. The standard InChI is InChI=1S/C11H14N/c1-9(2)10-7-5-6-8-11(10)12(3)4/h1,5-8H,2-4H3. The minimum absolute atomic E-state index is 0.860. The Kier molecular flexibility index (Phi) is 2.54. The highest BCUT2D eigenvalue weighted by Gasteiger charge is 2.02. The van der Waals surface area contributed by atoms with Gasteiger partial charge in [0.2, 0.25) is 0 Å². The molecule has 0 fully saturated rings. The van der Waals surface area contributed by atoms with Crippen molar-refractivity contribution in [1.29, 1.82) is 0 Å². The average molecular weight is 160 g/mol. The molecular formula is C11H14N. The van der Waals surface area contributed by atoms with Crippen molar-refractivity contribution < 1.29 is 0 Å². The van der Waals surface area contributed by atoms with Crippen LogP contribution in [-0.2, 0) is 0 Å². The molecule has 0 N–H and O–H groups in total. The summed E-state index contributed by atoms with van der Waals surface area (Å²) in [4.78, 5) is 2.06. The maximum absolute atomic E-state index is 5.74. The second kappa shape index (κ2) is 3.44. The van der Waals surface area contributed by atoms with E-state index in [1.807, 2.05) is 39.2 Å². The van der Waals surface area contributed by atoms with E-state index in [1.165, 1.54) is 0 Å². The summed E-state index contributed by atoms with van der Waals surface area (Å²) in [6, 6.07) is 8.11. The van der Waals surface area contributed by atoms with Gasteiger partial charge < -0.3 is 4.90 Å². The summed E-state index contributed by atoms with van der Waals surface area (Å²) in [5.74, 6) is 0.